The molecule has 0 N–H and O–H groups in total. The van der Waals surface area contributed by atoms with Gasteiger partial charge in [-0.3, -0.25) is 0 Å². The number of alkyl halides is 4. The van der Waals surface area contributed by atoms with Gasteiger partial charge in [0.2, 0.25) is 0 Å². The maximum atomic E-state index is 12.8. The Kier molecular flexibility index (Phi) is 4.13. The third-order valence-corrected chi connectivity index (χ3v) is 2.46. The van der Waals surface area contributed by atoms with E-state index in [2.05, 4.69) is 0 Å². The SMILES string of the molecule is Fc1ccc(C(Cl)CCC(F)(F)F)cc1F. The predicted molar refractivity (Wildman–Crippen MR) is 50.2 cm³/mol. The summed E-state index contributed by atoms with van der Waals surface area (Å²) in [6.45, 7) is 0. The molecule has 0 aliphatic heterocycles. The Morgan fingerprint density at radius 2 is 1.75 bits per heavy atom. The number of hydrogen-bond donors (Lipinski definition) is 0. The van der Waals surface area contributed by atoms with Crippen molar-refractivity contribution >= 4 is 11.6 Å². The summed E-state index contributed by atoms with van der Waals surface area (Å²) in [7, 11) is 0. The van der Waals surface area contributed by atoms with Crippen LogP contribution in [0.1, 0.15) is 23.8 Å². The Morgan fingerprint density at radius 3 is 2.25 bits per heavy atom. The van der Waals surface area contributed by atoms with Crippen LogP contribution in [0.3, 0.4) is 0 Å². The lowest BCUT2D eigenvalue weighted by molar-refractivity contribution is -0.135. The van der Waals surface area contributed by atoms with E-state index in [4.69, 9.17) is 11.6 Å². The zero-order valence-corrected chi connectivity index (χ0v) is 8.75. The summed E-state index contributed by atoms with van der Waals surface area (Å²) in [6, 6.07) is 2.82. The van der Waals surface area contributed by atoms with Crippen molar-refractivity contribution in [2.75, 3.05) is 0 Å². The van der Waals surface area contributed by atoms with E-state index >= 15 is 0 Å². The highest BCUT2D eigenvalue weighted by Gasteiger charge is 2.28. The summed E-state index contributed by atoms with van der Waals surface area (Å²) >= 11 is 5.65. The van der Waals surface area contributed by atoms with Crippen molar-refractivity contribution in [3.05, 3.63) is 35.4 Å². The van der Waals surface area contributed by atoms with Gasteiger partial charge in [0.25, 0.3) is 0 Å². The molecule has 90 valence electrons. The molecule has 6 heteroatoms. The maximum Gasteiger partial charge on any atom is 0.389 e. The van der Waals surface area contributed by atoms with Gasteiger partial charge < -0.3 is 0 Å². The molecule has 1 rings (SSSR count). The van der Waals surface area contributed by atoms with Crippen molar-refractivity contribution in [1.29, 1.82) is 0 Å². The van der Waals surface area contributed by atoms with Crippen molar-refractivity contribution in [2.24, 2.45) is 0 Å². The van der Waals surface area contributed by atoms with Gasteiger partial charge in [-0.05, 0) is 24.1 Å². The summed E-state index contributed by atoms with van der Waals surface area (Å²) in [5.41, 5.74) is 0.143. The molecule has 1 atom stereocenters. The van der Waals surface area contributed by atoms with Crippen LogP contribution in [0.15, 0.2) is 18.2 Å². The van der Waals surface area contributed by atoms with Gasteiger partial charge in [-0.2, -0.15) is 13.2 Å². The van der Waals surface area contributed by atoms with Gasteiger partial charge in [-0.1, -0.05) is 6.07 Å². The minimum atomic E-state index is -4.30. The Morgan fingerprint density at radius 1 is 1.12 bits per heavy atom. The molecule has 16 heavy (non-hydrogen) atoms. The monoisotopic (exact) mass is 258 g/mol. The zero-order chi connectivity index (χ0) is 12.3. The highest BCUT2D eigenvalue weighted by molar-refractivity contribution is 6.20. The molecule has 0 radical (unpaired) electrons. The minimum Gasteiger partial charge on any atom is -0.204 e. The number of hydrogen-bond acceptors (Lipinski definition) is 0. The zero-order valence-electron chi connectivity index (χ0n) is 7.99. The van der Waals surface area contributed by atoms with Crippen LogP contribution in [0.2, 0.25) is 0 Å². The first-order valence-electron chi connectivity index (χ1n) is 4.45. The number of halogens is 6. The van der Waals surface area contributed by atoms with Crippen molar-refractivity contribution < 1.29 is 22.0 Å². The molecule has 0 aliphatic carbocycles. The van der Waals surface area contributed by atoms with Crippen LogP contribution < -0.4 is 0 Å². The molecule has 1 unspecified atom stereocenters. The lowest BCUT2D eigenvalue weighted by atomic mass is 10.1. The Hall–Kier alpha value is -0.840. The third kappa shape index (κ3) is 3.96. The summed E-state index contributed by atoms with van der Waals surface area (Å²) < 4.78 is 60.9. The van der Waals surface area contributed by atoms with Crippen molar-refractivity contribution in [2.45, 2.75) is 24.4 Å². The van der Waals surface area contributed by atoms with Gasteiger partial charge in [0.05, 0.1) is 5.38 Å². The average Bonchev–Trinajstić information content (AvgIpc) is 2.17. The van der Waals surface area contributed by atoms with E-state index in [0.717, 1.165) is 12.1 Å². The predicted octanol–water partition coefficient (Wildman–Crippen LogP) is 4.59. The lowest BCUT2D eigenvalue weighted by Crippen LogP contribution is -2.08. The van der Waals surface area contributed by atoms with Crippen molar-refractivity contribution in [1.82, 2.24) is 0 Å². The second-order valence-electron chi connectivity index (χ2n) is 3.29. The second kappa shape index (κ2) is 4.99. The molecular formula is C10H8ClF5. The van der Waals surface area contributed by atoms with Crippen LogP contribution in [0, 0.1) is 11.6 Å². The first-order chi connectivity index (χ1) is 7.29. The third-order valence-electron chi connectivity index (χ3n) is 1.99. The minimum absolute atomic E-state index is 0.143. The van der Waals surface area contributed by atoms with Crippen LogP contribution in [0.4, 0.5) is 22.0 Å². The molecule has 0 saturated carbocycles. The van der Waals surface area contributed by atoms with Gasteiger partial charge in [0.15, 0.2) is 11.6 Å². The molecule has 0 aliphatic rings. The van der Waals surface area contributed by atoms with Crippen LogP contribution in [0.25, 0.3) is 0 Å². The number of rotatable bonds is 3. The largest absolute Gasteiger partial charge is 0.389 e. The summed E-state index contributed by atoms with van der Waals surface area (Å²) in [5.74, 6) is -2.17. The number of benzene rings is 1. The summed E-state index contributed by atoms with van der Waals surface area (Å²) in [6.07, 6.45) is -5.72. The maximum absolute atomic E-state index is 12.8. The molecule has 0 saturated heterocycles. The summed E-state index contributed by atoms with van der Waals surface area (Å²) in [4.78, 5) is 0. The average molecular weight is 259 g/mol. The Balaban J connectivity index is 2.66. The topological polar surface area (TPSA) is 0 Å². The van der Waals surface area contributed by atoms with Gasteiger partial charge in [0, 0.05) is 6.42 Å². The van der Waals surface area contributed by atoms with Gasteiger partial charge in [-0.25, -0.2) is 8.78 Å². The molecule has 0 aromatic heterocycles. The van der Waals surface area contributed by atoms with Gasteiger partial charge >= 0.3 is 6.18 Å². The Labute approximate surface area is 94.0 Å². The van der Waals surface area contributed by atoms with E-state index in [1.807, 2.05) is 0 Å². The smallest absolute Gasteiger partial charge is 0.204 e. The van der Waals surface area contributed by atoms with Crippen molar-refractivity contribution in [3.8, 4) is 0 Å². The van der Waals surface area contributed by atoms with E-state index < -0.39 is 29.6 Å². The molecule has 1 aromatic rings. The van der Waals surface area contributed by atoms with E-state index in [9.17, 15) is 22.0 Å². The van der Waals surface area contributed by atoms with Crippen LogP contribution >= 0.6 is 11.6 Å². The van der Waals surface area contributed by atoms with E-state index in [1.165, 1.54) is 6.07 Å². The molecule has 0 bridgehead atoms. The fourth-order valence-electron chi connectivity index (χ4n) is 1.16. The first kappa shape index (κ1) is 13.2. The van der Waals surface area contributed by atoms with Crippen LogP contribution in [-0.2, 0) is 0 Å². The molecular weight excluding hydrogens is 251 g/mol. The molecule has 0 heterocycles. The van der Waals surface area contributed by atoms with Gasteiger partial charge in [0.1, 0.15) is 0 Å². The standard InChI is InChI=1S/C10H8ClF5/c11-7(3-4-10(14,15)16)6-1-2-8(12)9(13)5-6/h1-2,5,7H,3-4H2. The lowest BCUT2D eigenvalue weighted by Gasteiger charge is -2.11. The van der Waals surface area contributed by atoms with E-state index in [1.54, 1.807) is 0 Å². The quantitative estimate of drug-likeness (QED) is 0.550. The van der Waals surface area contributed by atoms with Crippen LogP contribution in [0.5, 0.6) is 0 Å². The summed E-state index contributed by atoms with van der Waals surface area (Å²) in [5, 5.41) is -0.975. The normalized spacial score (nSPS) is 13.9. The highest BCUT2D eigenvalue weighted by Crippen LogP contribution is 2.31. The molecule has 0 fully saturated rings. The fraction of sp³-hybridized carbons (Fsp3) is 0.400. The first-order valence-corrected chi connectivity index (χ1v) is 4.89. The van der Waals surface area contributed by atoms with E-state index in [0.29, 0.717) is 0 Å². The van der Waals surface area contributed by atoms with Crippen molar-refractivity contribution in [3.63, 3.8) is 0 Å². The van der Waals surface area contributed by atoms with Crippen LogP contribution in [-0.4, -0.2) is 6.18 Å². The van der Waals surface area contributed by atoms with Gasteiger partial charge in [-0.15, -0.1) is 11.6 Å². The molecule has 0 amide bonds. The second-order valence-corrected chi connectivity index (χ2v) is 3.82. The highest BCUT2D eigenvalue weighted by atomic mass is 35.5. The fourth-order valence-corrected chi connectivity index (χ4v) is 1.41. The molecule has 0 nitrogen and oxygen atoms in total. The Bertz CT molecular complexity index is 361. The van der Waals surface area contributed by atoms with E-state index in [-0.39, 0.29) is 12.0 Å². The molecule has 0 spiro atoms. The molecule has 1 aromatic carbocycles.